The number of hydrogen-bond acceptors (Lipinski definition) is 6. The van der Waals surface area contributed by atoms with Crippen LogP contribution >= 0.6 is 11.8 Å². The first-order chi connectivity index (χ1) is 12.0. The number of amides is 2. The summed E-state index contributed by atoms with van der Waals surface area (Å²) >= 11 is 0.810. The Balaban J connectivity index is 1.99. The van der Waals surface area contributed by atoms with Crippen molar-refractivity contribution in [1.29, 1.82) is 0 Å². The highest BCUT2D eigenvalue weighted by atomic mass is 32.2. The molecule has 2 aromatic rings. The van der Waals surface area contributed by atoms with E-state index in [4.69, 9.17) is 9.47 Å². The van der Waals surface area contributed by atoms with E-state index >= 15 is 0 Å². The molecule has 1 heterocycles. The number of rotatable bonds is 4. The topological polar surface area (TPSA) is 76.1 Å². The van der Waals surface area contributed by atoms with Crippen molar-refractivity contribution in [3.8, 4) is 17.2 Å². The summed E-state index contributed by atoms with van der Waals surface area (Å²) in [5, 5.41) is 9.41. The van der Waals surface area contributed by atoms with Gasteiger partial charge in [0, 0.05) is 11.6 Å². The smallest absolute Gasteiger partial charge is 0.298 e. The van der Waals surface area contributed by atoms with Crippen LogP contribution in [-0.4, -0.2) is 30.5 Å². The highest BCUT2D eigenvalue weighted by Gasteiger charge is 2.38. The summed E-state index contributed by atoms with van der Waals surface area (Å²) in [6.45, 7) is 0. The van der Waals surface area contributed by atoms with Crippen molar-refractivity contribution in [1.82, 2.24) is 0 Å². The lowest BCUT2D eigenvalue weighted by molar-refractivity contribution is -0.113. The third kappa shape index (κ3) is 3.18. The normalized spacial score (nSPS) is 15.8. The second-order valence-electron chi connectivity index (χ2n) is 5.11. The average molecular weight is 357 g/mol. The predicted octanol–water partition coefficient (Wildman–Crippen LogP) is 3.65. The molecule has 6 nitrogen and oxygen atoms in total. The Morgan fingerprint density at radius 2 is 1.84 bits per heavy atom. The van der Waals surface area contributed by atoms with Crippen LogP contribution in [0.4, 0.5) is 10.5 Å². The third-order valence-corrected chi connectivity index (χ3v) is 4.51. The number of benzene rings is 2. The number of anilines is 1. The van der Waals surface area contributed by atoms with Gasteiger partial charge in [0.2, 0.25) is 0 Å². The van der Waals surface area contributed by atoms with Crippen LogP contribution in [0, 0.1) is 0 Å². The van der Waals surface area contributed by atoms with Crippen LogP contribution < -0.4 is 14.4 Å². The SMILES string of the molecule is COc1ccc(N2C(=O)S/C(=C\c3ccccc3O)C2=O)c(OC)c1. The molecule has 3 rings (SSSR count). The van der Waals surface area contributed by atoms with Gasteiger partial charge in [-0.25, -0.2) is 4.90 Å². The van der Waals surface area contributed by atoms with Gasteiger partial charge in [0.15, 0.2) is 0 Å². The van der Waals surface area contributed by atoms with Crippen molar-refractivity contribution in [3.05, 3.63) is 52.9 Å². The largest absolute Gasteiger partial charge is 0.507 e. The van der Waals surface area contributed by atoms with Gasteiger partial charge >= 0.3 is 0 Å². The van der Waals surface area contributed by atoms with E-state index < -0.39 is 11.1 Å². The molecule has 0 radical (unpaired) electrons. The maximum absolute atomic E-state index is 12.7. The van der Waals surface area contributed by atoms with Crippen LogP contribution in [-0.2, 0) is 4.79 Å². The van der Waals surface area contributed by atoms with Gasteiger partial charge in [-0.15, -0.1) is 0 Å². The minimum absolute atomic E-state index is 0.0383. The number of thioether (sulfide) groups is 1. The zero-order chi connectivity index (χ0) is 18.0. The van der Waals surface area contributed by atoms with Crippen molar-refractivity contribution >= 4 is 34.7 Å². The standard InChI is InChI=1S/C18H15NO5S/c1-23-12-7-8-13(15(10-12)24-2)19-17(21)16(25-18(19)22)9-11-5-3-4-6-14(11)20/h3-10,20H,1-2H3/b16-9-. The van der Waals surface area contributed by atoms with Crippen LogP contribution in [0.15, 0.2) is 47.4 Å². The van der Waals surface area contributed by atoms with Gasteiger partial charge < -0.3 is 14.6 Å². The number of ether oxygens (including phenoxy) is 2. The van der Waals surface area contributed by atoms with E-state index in [0.717, 1.165) is 16.7 Å². The molecule has 2 aromatic carbocycles. The van der Waals surface area contributed by atoms with E-state index in [9.17, 15) is 14.7 Å². The molecular weight excluding hydrogens is 342 g/mol. The van der Waals surface area contributed by atoms with Crippen LogP contribution in [0.1, 0.15) is 5.56 Å². The van der Waals surface area contributed by atoms with E-state index in [1.807, 2.05) is 0 Å². The third-order valence-electron chi connectivity index (χ3n) is 3.64. The van der Waals surface area contributed by atoms with E-state index in [1.165, 1.54) is 26.4 Å². The highest BCUT2D eigenvalue weighted by molar-refractivity contribution is 8.19. The minimum atomic E-state index is -0.471. The molecule has 1 fully saturated rings. The molecule has 1 saturated heterocycles. The first kappa shape index (κ1) is 16.9. The molecule has 0 aliphatic carbocycles. The molecular formula is C18H15NO5S. The maximum Gasteiger partial charge on any atom is 0.298 e. The van der Waals surface area contributed by atoms with Crippen molar-refractivity contribution in [3.63, 3.8) is 0 Å². The maximum atomic E-state index is 12.7. The minimum Gasteiger partial charge on any atom is -0.507 e. The number of methoxy groups -OCH3 is 2. The summed E-state index contributed by atoms with van der Waals surface area (Å²) in [6, 6.07) is 11.4. The zero-order valence-corrected chi connectivity index (χ0v) is 14.4. The number of carbonyl (C=O) groups excluding carboxylic acids is 2. The molecule has 1 aliphatic rings. The monoisotopic (exact) mass is 357 g/mol. The summed E-state index contributed by atoms with van der Waals surface area (Å²) < 4.78 is 10.4. The molecule has 2 amide bonds. The average Bonchev–Trinajstić information content (AvgIpc) is 2.90. The second-order valence-corrected chi connectivity index (χ2v) is 6.11. The summed E-state index contributed by atoms with van der Waals surface area (Å²) in [6.07, 6.45) is 1.50. The Morgan fingerprint density at radius 3 is 2.52 bits per heavy atom. The van der Waals surface area contributed by atoms with Crippen molar-refractivity contribution in [2.45, 2.75) is 0 Å². The Bertz CT molecular complexity index is 878. The predicted molar refractivity (Wildman–Crippen MR) is 96.1 cm³/mol. The molecule has 7 heteroatoms. The fourth-order valence-corrected chi connectivity index (χ4v) is 3.22. The molecule has 1 N–H and O–H groups in total. The molecule has 0 bridgehead atoms. The molecule has 0 saturated carbocycles. The number of carbonyl (C=O) groups is 2. The van der Waals surface area contributed by atoms with Crippen LogP contribution in [0.5, 0.6) is 17.2 Å². The Morgan fingerprint density at radius 1 is 1.08 bits per heavy atom. The number of aromatic hydroxyl groups is 1. The van der Waals surface area contributed by atoms with Crippen molar-refractivity contribution < 1.29 is 24.2 Å². The van der Waals surface area contributed by atoms with Crippen molar-refractivity contribution in [2.75, 3.05) is 19.1 Å². The van der Waals surface area contributed by atoms with Gasteiger partial charge in [0.05, 0.1) is 24.8 Å². The van der Waals surface area contributed by atoms with Crippen molar-refractivity contribution in [2.24, 2.45) is 0 Å². The molecule has 0 aromatic heterocycles. The fraction of sp³-hybridized carbons (Fsp3) is 0.111. The van der Waals surface area contributed by atoms with E-state index in [-0.39, 0.29) is 10.7 Å². The van der Waals surface area contributed by atoms with Gasteiger partial charge in [-0.3, -0.25) is 9.59 Å². The lowest BCUT2D eigenvalue weighted by atomic mass is 10.2. The summed E-state index contributed by atoms with van der Waals surface area (Å²) in [5.41, 5.74) is 0.807. The number of imide groups is 1. The van der Waals surface area contributed by atoms with Gasteiger partial charge in [-0.2, -0.15) is 0 Å². The zero-order valence-electron chi connectivity index (χ0n) is 13.6. The number of para-hydroxylation sites is 1. The molecule has 0 unspecified atom stereocenters. The number of nitrogens with zero attached hydrogens (tertiary/aromatic N) is 1. The van der Waals surface area contributed by atoms with Crippen LogP contribution in [0.2, 0.25) is 0 Å². The van der Waals surface area contributed by atoms with Crippen LogP contribution in [0.3, 0.4) is 0 Å². The first-order valence-electron chi connectivity index (χ1n) is 7.33. The summed E-state index contributed by atoms with van der Waals surface area (Å²) in [4.78, 5) is 26.4. The van der Waals surface area contributed by atoms with E-state index in [2.05, 4.69) is 0 Å². The Labute approximate surface area is 148 Å². The number of hydrogen-bond donors (Lipinski definition) is 1. The highest BCUT2D eigenvalue weighted by Crippen LogP contribution is 2.41. The van der Waals surface area contributed by atoms with Crippen LogP contribution in [0.25, 0.3) is 6.08 Å². The van der Waals surface area contributed by atoms with Gasteiger partial charge in [-0.1, -0.05) is 18.2 Å². The fourth-order valence-electron chi connectivity index (χ4n) is 2.40. The Hall–Kier alpha value is -2.93. The quantitative estimate of drug-likeness (QED) is 0.842. The number of phenolic OH excluding ortho intramolecular Hbond substituents is 1. The molecule has 25 heavy (non-hydrogen) atoms. The lowest BCUT2D eigenvalue weighted by Gasteiger charge is -2.16. The van der Waals surface area contributed by atoms with E-state index in [0.29, 0.717) is 22.7 Å². The molecule has 128 valence electrons. The first-order valence-corrected chi connectivity index (χ1v) is 8.14. The van der Waals surface area contributed by atoms with Gasteiger partial charge in [0.25, 0.3) is 11.1 Å². The second kappa shape index (κ2) is 6.90. The Kier molecular flexibility index (Phi) is 4.67. The van der Waals surface area contributed by atoms with Gasteiger partial charge in [-0.05, 0) is 36.0 Å². The molecule has 0 spiro atoms. The lowest BCUT2D eigenvalue weighted by Crippen LogP contribution is -2.28. The summed E-state index contributed by atoms with van der Waals surface area (Å²) in [5.74, 6) is 0.473. The summed E-state index contributed by atoms with van der Waals surface area (Å²) in [7, 11) is 2.97. The number of phenols is 1. The molecule has 1 aliphatic heterocycles. The molecule has 0 atom stereocenters. The van der Waals surface area contributed by atoms with E-state index in [1.54, 1.807) is 36.4 Å². The van der Waals surface area contributed by atoms with Gasteiger partial charge in [0.1, 0.15) is 17.2 Å².